The number of nitrogens with zero attached hydrogens (tertiary/aromatic N) is 3. The Labute approximate surface area is 202 Å². The Morgan fingerprint density at radius 3 is 2.61 bits per heavy atom. The van der Waals surface area contributed by atoms with E-state index in [1.165, 1.54) is 13.2 Å². The van der Waals surface area contributed by atoms with Gasteiger partial charge in [0.2, 0.25) is 19.3 Å². The summed E-state index contributed by atoms with van der Waals surface area (Å²) in [5.74, 6) is 0.128. The number of rotatable bonds is 8. The van der Waals surface area contributed by atoms with Crippen molar-refractivity contribution in [1.29, 1.82) is 5.26 Å². The lowest BCUT2D eigenvalue weighted by molar-refractivity contribution is -0.112. The molecule has 0 saturated heterocycles. The van der Waals surface area contributed by atoms with Crippen LogP contribution in [0.1, 0.15) is 11.1 Å². The van der Waals surface area contributed by atoms with Gasteiger partial charge in [-0.1, -0.05) is 41.7 Å². The number of benzene rings is 2. The summed E-state index contributed by atoms with van der Waals surface area (Å²) in [4.78, 5) is 12.5. The normalized spacial score (nSPS) is 11.5. The molecule has 1 amide bonds. The number of nitrogens with one attached hydrogen (secondary N) is 1. The average Bonchev–Trinajstić information content (AvgIpc) is 3.26. The minimum Gasteiger partial charge on any atom is -0.493 e. The first-order valence-electron chi connectivity index (χ1n) is 9.22. The van der Waals surface area contributed by atoms with E-state index in [0.717, 1.165) is 11.8 Å². The van der Waals surface area contributed by atoms with Gasteiger partial charge in [0, 0.05) is 6.26 Å². The summed E-state index contributed by atoms with van der Waals surface area (Å²) in [6.07, 6.45) is 2.35. The number of carbonyl (C=O) groups excluding carboxylic acids is 1. The Bertz CT molecular complexity index is 1350. The molecule has 9 nitrogen and oxygen atoms in total. The van der Waals surface area contributed by atoms with Crippen LogP contribution in [-0.2, 0) is 21.2 Å². The van der Waals surface area contributed by atoms with Crippen molar-refractivity contribution >= 4 is 54.2 Å². The number of carbonyl (C=O) groups is 1. The van der Waals surface area contributed by atoms with Gasteiger partial charge in [-0.3, -0.25) is 10.1 Å². The number of nitriles is 1. The van der Waals surface area contributed by atoms with E-state index in [1.54, 1.807) is 12.1 Å². The molecule has 0 aliphatic heterocycles. The number of ether oxygens (including phenoxy) is 2. The second kappa shape index (κ2) is 10.6. The van der Waals surface area contributed by atoms with Crippen molar-refractivity contribution in [3.63, 3.8) is 0 Å². The molecule has 0 radical (unpaired) electrons. The first-order chi connectivity index (χ1) is 15.7. The second-order valence-corrected chi connectivity index (χ2v) is 10.6. The molecule has 0 fully saturated rings. The van der Waals surface area contributed by atoms with E-state index in [1.807, 2.05) is 36.4 Å². The van der Waals surface area contributed by atoms with E-state index >= 15 is 0 Å². The highest BCUT2D eigenvalue weighted by Gasteiger charge is 2.18. The molecule has 0 unspecified atom stereocenters. The molecule has 0 atom stereocenters. The van der Waals surface area contributed by atoms with Crippen LogP contribution in [0.25, 0.3) is 6.08 Å². The minimum atomic E-state index is -3.55. The van der Waals surface area contributed by atoms with Gasteiger partial charge >= 0.3 is 0 Å². The molecule has 0 aliphatic rings. The van der Waals surface area contributed by atoms with Gasteiger partial charge in [0.15, 0.2) is 11.5 Å². The maximum atomic E-state index is 12.5. The van der Waals surface area contributed by atoms with Gasteiger partial charge < -0.3 is 9.47 Å². The van der Waals surface area contributed by atoms with Gasteiger partial charge in [-0.25, -0.2) is 8.42 Å². The maximum absolute atomic E-state index is 12.5. The number of anilines is 1. The lowest BCUT2D eigenvalue weighted by Crippen LogP contribution is -2.13. The van der Waals surface area contributed by atoms with Gasteiger partial charge in [-0.05, 0) is 45.3 Å². The van der Waals surface area contributed by atoms with Crippen molar-refractivity contribution in [2.24, 2.45) is 0 Å². The third-order valence-electron chi connectivity index (χ3n) is 4.10. The zero-order valence-corrected chi connectivity index (χ0v) is 20.6. The van der Waals surface area contributed by atoms with Crippen LogP contribution < -0.4 is 14.8 Å². The lowest BCUT2D eigenvalue weighted by Gasteiger charge is -2.14. The highest BCUT2D eigenvalue weighted by molar-refractivity contribution is 9.10. The molecule has 1 aromatic heterocycles. The van der Waals surface area contributed by atoms with E-state index < -0.39 is 15.7 Å². The average molecular weight is 549 g/mol. The standard InChI is InChI=1S/C21H17BrN4O5S2/c1-30-17-10-14(9-16(22)18(17)31-12-13-6-4-3-5-7-13)8-15(11-23)19(27)24-20-25-26-21(32-20)33(2,28)29/h3-10H,12H2,1-2H3,(H,24,25,27). The number of hydrogen-bond acceptors (Lipinski definition) is 9. The van der Waals surface area contributed by atoms with Gasteiger partial charge in [0.05, 0.1) is 11.6 Å². The number of aromatic nitrogens is 2. The van der Waals surface area contributed by atoms with Crippen LogP contribution >= 0.6 is 27.3 Å². The molecule has 2 aromatic carbocycles. The quantitative estimate of drug-likeness (QED) is 0.255. The van der Waals surface area contributed by atoms with Crippen molar-refractivity contribution in [2.45, 2.75) is 10.9 Å². The predicted molar refractivity (Wildman–Crippen MR) is 127 cm³/mol. The molecule has 0 spiro atoms. The van der Waals surface area contributed by atoms with E-state index in [4.69, 9.17) is 9.47 Å². The highest BCUT2D eigenvalue weighted by atomic mass is 79.9. The summed E-state index contributed by atoms with van der Waals surface area (Å²) in [7, 11) is -2.06. The first-order valence-corrected chi connectivity index (χ1v) is 12.7. The Morgan fingerprint density at radius 1 is 1.27 bits per heavy atom. The molecule has 33 heavy (non-hydrogen) atoms. The summed E-state index contributed by atoms with van der Waals surface area (Å²) in [6, 6.07) is 14.8. The van der Waals surface area contributed by atoms with Gasteiger partial charge in [-0.2, -0.15) is 5.26 Å². The van der Waals surface area contributed by atoms with E-state index in [0.29, 0.717) is 39.5 Å². The molecule has 3 rings (SSSR count). The molecule has 0 saturated carbocycles. The Hall–Kier alpha value is -3.27. The molecule has 12 heteroatoms. The molecule has 0 aliphatic carbocycles. The van der Waals surface area contributed by atoms with Crippen molar-refractivity contribution in [2.75, 3.05) is 18.7 Å². The molecule has 0 bridgehead atoms. The lowest BCUT2D eigenvalue weighted by atomic mass is 10.1. The fourth-order valence-corrected chi connectivity index (χ4v) is 4.66. The number of hydrogen-bond donors (Lipinski definition) is 1. The molecular formula is C21H17BrN4O5S2. The predicted octanol–water partition coefficient (Wildman–Crippen LogP) is 3.84. The summed E-state index contributed by atoms with van der Waals surface area (Å²) in [5.41, 5.74) is 1.26. The van der Waals surface area contributed by atoms with Crippen molar-refractivity contribution in [1.82, 2.24) is 10.2 Å². The Balaban J connectivity index is 1.81. The fraction of sp³-hybridized carbons (Fsp3) is 0.143. The number of methoxy groups -OCH3 is 1. The maximum Gasteiger partial charge on any atom is 0.268 e. The van der Waals surface area contributed by atoms with E-state index in [9.17, 15) is 18.5 Å². The second-order valence-electron chi connectivity index (χ2n) is 6.58. The zero-order chi connectivity index (χ0) is 24.0. The zero-order valence-electron chi connectivity index (χ0n) is 17.4. The molecule has 1 heterocycles. The third kappa shape index (κ3) is 6.38. The molecule has 170 valence electrons. The molecular weight excluding hydrogens is 532 g/mol. The number of halogens is 1. The fourth-order valence-electron chi connectivity index (χ4n) is 2.58. The Morgan fingerprint density at radius 2 is 2.00 bits per heavy atom. The van der Waals surface area contributed by atoms with Crippen LogP contribution in [0.2, 0.25) is 0 Å². The van der Waals surface area contributed by atoms with Crippen LogP contribution in [0.3, 0.4) is 0 Å². The minimum absolute atomic E-state index is 0.0370. The van der Waals surface area contributed by atoms with E-state index in [2.05, 4.69) is 31.4 Å². The summed E-state index contributed by atoms with van der Waals surface area (Å²) < 4.78 is 34.7. The smallest absolute Gasteiger partial charge is 0.268 e. The molecule has 1 N–H and O–H groups in total. The summed E-state index contributed by atoms with van der Waals surface area (Å²) in [6.45, 7) is 0.328. The number of sulfone groups is 1. The summed E-state index contributed by atoms with van der Waals surface area (Å²) in [5, 5.41) is 18.9. The van der Waals surface area contributed by atoms with Crippen LogP contribution in [0, 0.1) is 11.3 Å². The van der Waals surface area contributed by atoms with Crippen LogP contribution in [-0.4, -0.2) is 37.9 Å². The van der Waals surface area contributed by atoms with Gasteiger partial charge in [-0.15, -0.1) is 10.2 Å². The first kappa shape index (κ1) is 24.4. The SMILES string of the molecule is COc1cc(C=C(C#N)C(=O)Nc2nnc(S(C)(=O)=O)s2)cc(Br)c1OCc1ccccc1. The topological polar surface area (TPSA) is 131 Å². The third-order valence-corrected chi connectivity index (χ3v) is 7.19. The largest absolute Gasteiger partial charge is 0.493 e. The highest BCUT2D eigenvalue weighted by Crippen LogP contribution is 2.37. The monoisotopic (exact) mass is 548 g/mol. The Kier molecular flexibility index (Phi) is 7.80. The van der Waals surface area contributed by atoms with Gasteiger partial charge in [0.1, 0.15) is 18.2 Å². The van der Waals surface area contributed by atoms with Crippen LogP contribution in [0.5, 0.6) is 11.5 Å². The number of amides is 1. The van der Waals surface area contributed by atoms with Crippen LogP contribution in [0.4, 0.5) is 5.13 Å². The molecule has 3 aromatic rings. The van der Waals surface area contributed by atoms with Crippen molar-refractivity contribution in [3.8, 4) is 17.6 Å². The van der Waals surface area contributed by atoms with Gasteiger partial charge in [0.25, 0.3) is 5.91 Å². The van der Waals surface area contributed by atoms with Crippen molar-refractivity contribution < 1.29 is 22.7 Å². The summed E-state index contributed by atoms with van der Waals surface area (Å²) >= 11 is 4.14. The van der Waals surface area contributed by atoms with Crippen LogP contribution in [0.15, 0.2) is 56.9 Å². The van der Waals surface area contributed by atoms with E-state index in [-0.39, 0.29) is 15.0 Å². The van der Waals surface area contributed by atoms with Crippen molar-refractivity contribution in [3.05, 3.63) is 63.6 Å².